The Balaban J connectivity index is 1.90. The summed E-state index contributed by atoms with van der Waals surface area (Å²) in [7, 11) is 0. The zero-order chi connectivity index (χ0) is 18.1. The van der Waals surface area contributed by atoms with Crippen LogP contribution in [0.5, 0.6) is 0 Å². The Morgan fingerprint density at radius 1 is 1.24 bits per heavy atom. The van der Waals surface area contributed by atoms with Gasteiger partial charge in [-0.2, -0.15) is 0 Å². The molecule has 11 heteroatoms. The van der Waals surface area contributed by atoms with Gasteiger partial charge in [-0.05, 0) is 12.5 Å². The largest absolute Gasteiger partial charge is 0.369 e. The summed E-state index contributed by atoms with van der Waals surface area (Å²) < 4.78 is 0. The van der Waals surface area contributed by atoms with Crippen molar-refractivity contribution >= 4 is 23.0 Å². The van der Waals surface area contributed by atoms with E-state index in [1.807, 2.05) is 0 Å². The molecule has 1 aliphatic rings. The molecule has 0 radical (unpaired) electrons. The number of rotatable bonds is 4. The highest BCUT2D eigenvalue weighted by Gasteiger charge is 2.30. The summed E-state index contributed by atoms with van der Waals surface area (Å²) in [5.74, 6) is -0.0957. The van der Waals surface area contributed by atoms with Crippen molar-refractivity contribution < 1.29 is 9.85 Å². The maximum Gasteiger partial charge on any atom is 0.299 e. The van der Waals surface area contributed by atoms with Crippen molar-refractivity contribution in [1.82, 2.24) is 9.97 Å². The van der Waals surface area contributed by atoms with Gasteiger partial charge in [-0.1, -0.05) is 0 Å². The molecule has 1 saturated heterocycles. The van der Waals surface area contributed by atoms with E-state index >= 15 is 0 Å². The molecule has 1 atom stereocenters. The number of hydrogen-bond donors (Lipinski definition) is 2. The van der Waals surface area contributed by atoms with Crippen molar-refractivity contribution in [2.45, 2.75) is 12.3 Å². The number of aromatic nitrogens is 2. The van der Waals surface area contributed by atoms with Crippen LogP contribution in [-0.2, 0) is 0 Å². The van der Waals surface area contributed by atoms with Crippen molar-refractivity contribution in [1.29, 1.82) is 0 Å². The summed E-state index contributed by atoms with van der Waals surface area (Å²) in [5.41, 5.74) is 5.35. The first-order chi connectivity index (χ1) is 11.8. The van der Waals surface area contributed by atoms with E-state index in [0.717, 1.165) is 6.07 Å². The lowest BCUT2D eigenvalue weighted by atomic mass is 10.1. The van der Waals surface area contributed by atoms with Gasteiger partial charge < -0.3 is 10.6 Å². The predicted molar refractivity (Wildman–Crippen MR) is 88.6 cm³/mol. The molecule has 1 aromatic heterocycles. The molecule has 0 unspecified atom stereocenters. The minimum absolute atomic E-state index is 0.0160. The molecule has 0 amide bonds. The fourth-order valence-corrected chi connectivity index (χ4v) is 2.96. The Hall–Kier alpha value is -3.50. The molecule has 2 aromatic rings. The number of nitrogens with two attached hydrogens (primary N) is 1. The highest BCUT2D eigenvalue weighted by atomic mass is 16.6. The van der Waals surface area contributed by atoms with Crippen LogP contribution in [0.4, 0.5) is 23.0 Å². The van der Waals surface area contributed by atoms with E-state index in [4.69, 9.17) is 5.73 Å². The lowest BCUT2D eigenvalue weighted by molar-refractivity contribution is -0.393. The second kappa shape index (κ2) is 6.19. The van der Waals surface area contributed by atoms with E-state index < -0.39 is 9.85 Å². The summed E-state index contributed by atoms with van der Waals surface area (Å²) in [6.45, 7) is 0.895. The molecule has 2 heterocycles. The van der Waals surface area contributed by atoms with Gasteiger partial charge in [-0.3, -0.25) is 30.0 Å². The van der Waals surface area contributed by atoms with Gasteiger partial charge in [-0.25, -0.2) is 4.98 Å². The highest BCUT2D eigenvalue weighted by Crippen LogP contribution is 2.36. The molecule has 11 nitrogen and oxygen atoms in total. The Morgan fingerprint density at radius 2 is 2.00 bits per heavy atom. The van der Waals surface area contributed by atoms with Gasteiger partial charge in [0.2, 0.25) is 5.95 Å². The van der Waals surface area contributed by atoms with Crippen LogP contribution >= 0.6 is 0 Å². The molecule has 3 rings (SSSR count). The molecular weight excluding hydrogens is 332 g/mol. The first-order valence-corrected chi connectivity index (χ1v) is 7.39. The monoisotopic (exact) mass is 346 g/mol. The van der Waals surface area contributed by atoms with Gasteiger partial charge >= 0.3 is 0 Å². The molecule has 0 spiro atoms. The molecule has 0 aliphatic carbocycles. The van der Waals surface area contributed by atoms with Crippen molar-refractivity contribution in [3.63, 3.8) is 0 Å². The summed E-state index contributed by atoms with van der Waals surface area (Å²) in [6, 6.07) is 4.91. The maximum atomic E-state index is 11.5. The lowest BCUT2D eigenvalue weighted by Crippen LogP contribution is -2.21. The van der Waals surface area contributed by atoms with Crippen LogP contribution in [0.15, 0.2) is 29.1 Å². The lowest BCUT2D eigenvalue weighted by Gasteiger charge is -2.18. The first kappa shape index (κ1) is 16.4. The van der Waals surface area contributed by atoms with Crippen LogP contribution in [0, 0.1) is 20.2 Å². The van der Waals surface area contributed by atoms with Crippen molar-refractivity contribution in [3.8, 4) is 0 Å². The molecule has 130 valence electrons. The average Bonchev–Trinajstić information content (AvgIpc) is 3.03. The topological polar surface area (TPSA) is 161 Å². The summed E-state index contributed by atoms with van der Waals surface area (Å²) >= 11 is 0. The van der Waals surface area contributed by atoms with Gasteiger partial charge in [0.25, 0.3) is 16.9 Å². The second-order valence-corrected chi connectivity index (χ2v) is 5.67. The fourth-order valence-electron chi connectivity index (χ4n) is 2.96. The zero-order valence-corrected chi connectivity index (χ0v) is 12.9. The third kappa shape index (κ3) is 3.24. The number of nitrogen functional groups attached to an aromatic ring is 1. The van der Waals surface area contributed by atoms with Gasteiger partial charge in [-0.15, -0.1) is 0 Å². The number of nitro benzene ring substituents is 2. The van der Waals surface area contributed by atoms with Crippen molar-refractivity contribution in [3.05, 3.63) is 60.5 Å². The van der Waals surface area contributed by atoms with E-state index in [1.165, 1.54) is 18.2 Å². The van der Waals surface area contributed by atoms with Crippen LogP contribution < -0.4 is 16.2 Å². The van der Waals surface area contributed by atoms with Gasteiger partial charge in [0, 0.05) is 31.1 Å². The van der Waals surface area contributed by atoms with E-state index in [0.29, 0.717) is 30.9 Å². The fraction of sp³-hybridized carbons (Fsp3) is 0.286. The molecule has 3 N–H and O–H groups in total. The van der Waals surface area contributed by atoms with E-state index in [-0.39, 0.29) is 28.8 Å². The molecule has 1 aliphatic heterocycles. The number of nitrogens with one attached hydrogen (secondary N) is 1. The third-order valence-electron chi connectivity index (χ3n) is 4.09. The van der Waals surface area contributed by atoms with Crippen molar-refractivity contribution in [2.75, 3.05) is 23.7 Å². The number of hydrogen-bond acceptors (Lipinski definition) is 8. The standard InChI is InChI=1S/C14H14N6O5/c15-14-16-10(6-13(21)17-14)8-3-4-18(7-8)11-2-1-9(19(22)23)5-12(11)20(24)25/h1-2,5-6,8H,3-4,7H2,(H3,15,16,17,21)/t8-/m0/s1. The number of non-ortho nitro benzene ring substituents is 1. The predicted octanol–water partition coefficient (Wildman–Crippen LogP) is 1.16. The van der Waals surface area contributed by atoms with E-state index in [9.17, 15) is 25.0 Å². The van der Waals surface area contributed by atoms with Gasteiger partial charge in [0.1, 0.15) is 5.69 Å². The maximum absolute atomic E-state index is 11.5. The van der Waals surface area contributed by atoms with Crippen LogP contribution in [0.2, 0.25) is 0 Å². The van der Waals surface area contributed by atoms with E-state index in [1.54, 1.807) is 4.90 Å². The Bertz CT molecular complexity index is 911. The molecular formula is C14H14N6O5. The average molecular weight is 346 g/mol. The quantitative estimate of drug-likeness (QED) is 0.615. The van der Waals surface area contributed by atoms with E-state index in [2.05, 4.69) is 9.97 Å². The van der Waals surface area contributed by atoms with Crippen LogP contribution in [0.1, 0.15) is 18.0 Å². The number of benzene rings is 1. The third-order valence-corrected chi connectivity index (χ3v) is 4.09. The second-order valence-electron chi connectivity index (χ2n) is 5.67. The molecule has 0 saturated carbocycles. The van der Waals surface area contributed by atoms with Crippen LogP contribution in [0.25, 0.3) is 0 Å². The zero-order valence-electron chi connectivity index (χ0n) is 12.9. The smallest absolute Gasteiger partial charge is 0.299 e. The summed E-state index contributed by atoms with van der Waals surface area (Å²) in [5, 5.41) is 22.1. The minimum atomic E-state index is -0.674. The first-order valence-electron chi connectivity index (χ1n) is 7.39. The number of nitro groups is 2. The molecule has 0 bridgehead atoms. The van der Waals surface area contributed by atoms with Gasteiger partial charge in [0.15, 0.2) is 0 Å². The highest BCUT2D eigenvalue weighted by molar-refractivity contribution is 5.67. The Labute approximate surface area is 140 Å². The SMILES string of the molecule is Nc1nc([C@H]2CCN(c3ccc([N+](=O)[O-])cc3[N+](=O)[O-])C2)cc(=O)[nH]1. The van der Waals surface area contributed by atoms with Gasteiger partial charge in [0.05, 0.1) is 21.6 Å². The summed E-state index contributed by atoms with van der Waals surface area (Å²) in [6.07, 6.45) is 0.629. The van der Waals surface area contributed by atoms with Crippen molar-refractivity contribution in [2.24, 2.45) is 0 Å². The molecule has 25 heavy (non-hydrogen) atoms. The number of H-pyrrole nitrogens is 1. The number of anilines is 2. The molecule has 1 aromatic carbocycles. The number of aromatic amines is 1. The molecule has 1 fully saturated rings. The number of nitrogens with zero attached hydrogens (tertiary/aromatic N) is 4. The Kier molecular flexibility index (Phi) is 4.05. The minimum Gasteiger partial charge on any atom is -0.369 e. The van der Waals surface area contributed by atoms with Crippen LogP contribution in [-0.4, -0.2) is 32.9 Å². The van der Waals surface area contributed by atoms with Crippen LogP contribution in [0.3, 0.4) is 0 Å². The summed E-state index contributed by atoms with van der Waals surface area (Å²) in [4.78, 5) is 40.5. The Morgan fingerprint density at radius 3 is 2.64 bits per heavy atom. The normalized spacial score (nSPS) is 16.8.